The fraction of sp³-hybridized carbons (Fsp3) is 0.0769. The number of carboxylic acid groups (broad SMARTS) is 1. The number of esters is 1. The van der Waals surface area contributed by atoms with Crippen LogP contribution >= 0.6 is 0 Å². The summed E-state index contributed by atoms with van der Waals surface area (Å²) in [6, 6.07) is 7.64. The van der Waals surface area contributed by atoms with E-state index >= 15 is 0 Å². The number of rotatable bonds is 4. The average molecular weight is 274 g/mol. The molecule has 7 heteroatoms. The molecule has 0 saturated heterocycles. The summed E-state index contributed by atoms with van der Waals surface area (Å²) in [5.74, 6) is -1.62. The van der Waals surface area contributed by atoms with Crippen LogP contribution in [0.3, 0.4) is 0 Å². The molecule has 1 aromatic heterocycles. The fourth-order valence-electron chi connectivity index (χ4n) is 1.38. The Hall–Kier alpha value is -2.96. The number of hydrogen-bond donors (Lipinski definition) is 1. The molecule has 0 aliphatic carbocycles. The number of carbonyl (C=O) groups excluding carboxylic acids is 1. The number of aromatic carboxylic acids is 1. The van der Waals surface area contributed by atoms with Crippen LogP contribution in [0.25, 0.3) is 0 Å². The van der Waals surface area contributed by atoms with Crippen molar-refractivity contribution in [2.24, 2.45) is 0 Å². The molecule has 0 atom stereocenters. The maximum absolute atomic E-state index is 11.8. The third-order valence-corrected chi connectivity index (χ3v) is 2.33. The molecule has 102 valence electrons. The topological polar surface area (TPSA) is 98.6 Å². The van der Waals surface area contributed by atoms with Gasteiger partial charge in [0.1, 0.15) is 11.5 Å². The molecule has 0 fully saturated rings. The van der Waals surface area contributed by atoms with Crippen LogP contribution in [0.1, 0.15) is 21.1 Å². The van der Waals surface area contributed by atoms with Crippen LogP contribution in [-0.2, 0) is 0 Å². The van der Waals surface area contributed by atoms with Crippen LogP contribution in [0, 0.1) is 0 Å². The molecule has 2 rings (SSSR count). The minimum atomic E-state index is -1.32. The van der Waals surface area contributed by atoms with E-state index in [1.165, 1.54) is 19.4 Å². The summed E-state index contributed by atoms with van der Waals surface area (Å²) in [4.78, 5) is 29.6. The van der Waals surface area contributed by atoms with Gasteiger partial charge in [0.2, 0.25) is 5.82 Å². The molecule has 0 bridgehead atoms. The second-order valence-electron chi connectivity index (χ2n) is 3.64. The Balaban J connectivity index is 2.14. The molecule has 1 aromatic carbocycles. The zero-order valence-electron chi connectivity index (χ0n) is 10.4. The summed E-state index contributed by atoms with van der Waals surface area (Å²) < 4.78 is 10.0. The standard InChI is InChI=1S/C13H10N2O5/c1-19-8-2-4-9(5-3-8)20-13(18)10-6-7-14-11(15-10)12(16)17/h2-7H,1H3,(H,16,17). The number of hydrogen-bond acceptors (Lipinski definition) is 6. The summed E-state index contributed by atoms with van der Waals surface area (Å²) in [7, 11) is 1.52. The number of carbonyl (C=O) groups is 2. The normalized spacial score (nSPS) is 9.85. The number of methoxy groups -OCH3 is 1. The molecule has 0 radical (unpaired) electrons. The highest BCUT2D eigenvalue weighted by atomic mass is 16.5. The van der Waals surface area contributed by atoms with E-state index in [1.54, 1.807) is 24.3 Å². The monoisotopic (exact) mass is 274 g/mol. The van der Waals surface area contributed by atoms with Crippen molar-refractivity contribution < 1.29 is 24.2 Å². The minimum Gasteiger partial charge on any atom is -0.497 e. The molecule has 1 N–H and O–H groups in total. The molecule has 0 saturated carbocycles. The van der Waals surface area contributed by atoms with E-state index in [2.05, 4.69) is 9.97 Å². The zero-order chi connectivity index (χ0) is 14.5. The first-order valence-corrected chi connectivity index (χ1v) is 5.52. The van der Waals surface area contributed by atoms with Gasteiger partial charge in [-0.25, -0.2) is 19.6 Å². The van der Waals surface area contributed by atoms with E-state index < -0.39 is 17.8 Å². The predicted octanol–water partition coefficient (Wildman–Crippen LogP) is 1.40. The highest BCUT2D eigenvalue weighted by molar-refractivity contribution is 5.90. The Bertz CT molecular complexity index is 639. The van der Waals surface area contributed by atoms with Gasteiger partial charge in [-0.05, 0) is 30.3 Å². The van der Waals surface area contributed by atoms with Crippen LogP contribution in [0.5, 0.6) is 11.5 Å². The highest BCUT2D eigenvalue weighted by Crippen LogP contribution is 2.17. The van der Waals surface area contributed by atoms with Crippen molar-refractivity contribution in [2.45, 2.75) is 0 Å². The summed E-state index contributed by atoms with van der Waals surface area (Å²) >= 11 is 0. The number of ether oxygens (including phenoxy) is 2. The molecule has 2 aromatic rings. The third kappa shape index (κ3) is 3.08. The van der Waals surface area contributed by atoms with Crippen molar-refractivity contribution in [3.8, 4) is 11.5 Å². The Kier molecular flexibility index (Phi) is 3.90. The number of nitrogens with zero attached hydrogens (tertiary/aromatic N) is 2. The maximum atomic E-state index is 11.8. The van der Waals surface area contributed by atoms with Gasteiger partial charge in [-0.1, -0.05) is 0 Å². The molecule has 1 heterocycles. The van der Waals surface area contributed by atoms with Crippen LogP contribution in [0.2, 0.25) is 0 Å². The quantitative estimate of drug-likeness (QED) is 0.664. The first-order valence-electron chi connectivity index (χ1n) is 5.52. The molecular formula is C13H10N2O5. The number of benzene rings is 1. The SMILES string of the molecule is COc1ccc(OC(=O)c2ccnc(C(=O)O)n2)cc1. The third-order valence-electron chi connectivity index (χ3n) is 2.33. The lowest BCUT2D eigenvalue weighted by molar-refractivity contribution is 0.0682. The van der Waals surface area contributed by atoms with Gasteiger partial charge in [0.15, 0.2) is 5.69 Å². The van der Waals surface area contributed by atoms with Gasteiger partial charge in [-0.3, -0.25) is 0 Å². The molecular weight excluding hydrogens is 264 g/mol. The van der Waals surface area contributed by atoms with Gasteiger partial charge in [0.05, 0.1) is 7.11 Å². The van der Waals surface area contributed by atoms with E-state index in [9.17, 15) is 9.59 Å². The second-order valence-corrected chi connectivity index (χ2v) is 3.64. The predicted molar refractivity (Wildman–Crippen MR) is 66.9 cm³/mol. The van der Waals surface area contributed by atoms with Crippen LogP contribution < -0.4 is 9.47 Å². The zero-order valence-corrected chi connectivity index (χ0v) is 10.4. The van der Waals surface area contributed by atoms with Gasteiger partial charge in [0.25, 0.3) is 0 Å². The lowest BCUT2D eigenvalue weighted by atomic mass is 10.3. The first-order chi connectivity index (χ1) is 9.60. The molecule has 0 aliphatic rings. The second kappa shape index (κ2) is 5.79. The summed E-state index contributed by atoms with van der Waals surface area (Å²) in [5, 5.41) is 8.75. The molecule has 0 aliphatic heterocycles. The van der Waals surface area contributed by atoms with Gasteiger partial charge in [0, 0.05) is 6.20 Å². The van der Waals surface area contributed by atoms with E-state index in [0.717, 1.165) is 0 Å². The summed E-state index contributed by atoms with van der Waals surface area (Å²) in [5.41, 5.74) is -0.131. The maximum Gasteiger partial charge on any atom is 0.373 e. The van der Waals surface area contributed by atoms with Crippen molar-refractivity contribution in [1.82, 2.24) is 9.97 Å². The van der Waals surface area contributed by atoms with Gasteiger partial charge >= 0.3 is 11.9 Å². The van der Waals surface area contributed by atoms with Gasteiger partial charge in [-0.15, -0.1) is 0 Å². The Morgan fingerprint density at radius 1 is 1.10 bits per heavy atom. The van der Waals surface area contributed by atoms with Crippen molar-refractivity contribution in [3.05, 3.63) is 48.0 Å². The van der Waals surface area contributed by atoms with Crippen LogP contribution in [0.4, 0.5) is 0 Å². The minimum absolute atomic E-state index is 0.131. The van der Waals surface area contributed by atoms with Crippen LogP contribution in [-0.4, -0.2) is 34.1 Å². The van der Waals surface area contributed by atoms with E-state index in [-0.39, 0.29) is 5.69 Å². The molecule has 7 nitrogen and oxygen atoms in total. The highest BCUT2D eigenvalue weighted by Gasteiger charge is 2.14. The first kappa shape index (κ1) is 13.5. The van der Waals surface area contributed by atoms with Crippen molar-refractivity contribution >= 4 is 11.9 Å². The van der Waals surface area contributed by atoms with Crippen molar-refractivity contribution in [1.29, 1.82) is 0 Å². The number of carboxylic acids is 1. The van der Waals surface area contributed by atoms with Crippen molar-refractivity contribution in [2.75, 3.05) is 7.11 Å². The lowest BCUT2D eigenvalue weighted by Crippen LogP contribution is -2.14. The summed E-state index contributed by atoms with van der Waals surface area (Å²) in [6.07, 6.45) is 1.18. The van der Waals surface area contributed by atoms with E-state index in [4.69, 9.17) is 14.6 Å². The molecule has 0 spiro atoms. The average Bonchev–Trinajstić information content (AvgIpc) is 2.48. The number of aromatic nitrogens is 2. The van der Waals surface area contributed by atoms with Gasteiger partial charge < -0.3 is 14.6 Å². The van der Waals surface area contributed by atoms with Gasteiger partial charge in [-0.2, -0.15) is 0 Å². The largest absolute Gasteiger partial charge is 0.497 e. The van der Waals surface area contributed by atoms with E-state index in [0.29, 0.717) is 11.5 Å². The fourth-order valence-corrected chi connectivity index (χ4v) is 1.38. The molecule has 20 heavy (non-hydrogen) atoms. The molecule has 0 amide bonds. The van der Waals surface area contributed by atoms with Crippen LogP contribution in [0.15, 0.2) is 36.5 Å². The Morgan fingerprint density at radius 2 is 1.75 bits per heavy atom. The van der Waals surface area contributed by atoms with E-state index in [1.807, 2.05) is 0 Å². The smallest absolute Gasteiger partial charge is 0.373 e. The van der Waals surface area contributed by atoms with Crippen molar-refractivity contribution in [3.63, 3.8) is 0 Å². The Morgan fingerprint density at radius 3 is 2.35 bits per heavy atom. The Labute approximate surface area is 113 Å². The lowest BCUT2D eigenvalue weighted by Gasteiger charge is -2.05. The summed E-state index contributed by atoms with van der Waals surface area (Å²) in [6.45, 7) is 0. The molecule has 0 unspecified atom stereocenters.